The van der Waals surface area contributed by atoms with Crippen molar-refractivity contribution in [3.8, 4) is 0 Å². The molecule has 8 unspecified atom stereocenters. The van der Waals surface area contributed by atoms with Crippen molar-refractivity contribution in [2.75, 3.05) is 0 Å². The monoisotopic (exact) mass is 366 g/mol. The smallest absolute Gasteiger partial charge is 0.317 e. The second kappa shape index (κ2) is 6.63. The Morgan fingerprint density at radius 2 is 1.88 bits per heavy atom. The highest BCUT2D eigenvalue weighted by atomic mass is 16.6. The predicted molar refractivity (Wildman–Crippen MR) is 92.6 cm³/mol. The van der Waals surface area contributed by atoms with Gasteiger partial charge in [0.15, 0.2) is 0 Å². The fraction of sp³-hybridized carbons (Fsp3) is 0.850. The highest BCUT2D eigenvalue weighted by Crippen LogP contribution is 2.60. The molecule has 26 heavy (non-hydrogen) atoms. The summed E-state index contributed by atoms with van der Waals surface area (Å²) in [6, 6.07) is 0. The minimum absolute atomic E-state index is 0.0287. The number of fused-ring (bicyclic) bond motifs is 2. The van der Waals surface area contributed by atoms with E-state index >= 15 is 0 Å². The molecule has 0 radical (unpaired) electrons. The average molecular weight is 366 g/mol. The Labute approximate surface area is 154 Å². The van der Waals surface area contributed by atoms with E-state index in [-0.39, 0.29) is 24.2 Å². The van der Waals surface area contributed by atoms with Crippen molar-refractivity contribution >= 4 is 17.9 Å². The van der Waals surface area contributed by atoms with E-state index in [4.69, 9.17) is 9.47 Å². The number of hydrogen-bond acceptors (Lipinski definition) is 6. The topological polar surface area (TPSA) is 89.9 Å². The first kappa shape index (κ1) is 19.3. The first-order valence-electron chi connectivity index (χ1n) is 9.65. The number of aliphatic hydroxyl groups excluding tert-OH is 1. The van der Waals surface area contributed by atoms with Gasteiger partial charge in [-0.3, -0.25) is 14.4 Å². The second-order valence-electron chi connectivity index (χ2n) is 9.41. The third-order valence-corrected chi connectivity index (χ3v) is 6.63. The molecule has 3 rings (SSSR count). The third kappa shape index (κ3) is 3.40. The van der Waals surface area contributed by atoms with E-state index in [1.807, 2.05) is 0 Å². The van der Waals surface area contributed by atoms with Crippen molar-refractivity contribution in [1.29, 1.82) is 0 Å². The maximum Gasteiger partial charge on any atom is 0.317 e. The van der Waals surface area contributed by atoms with Gasteiger partial charge < -0.3 is 14.6 Å². The van der Waals surface area contributed by atoms with Gasteiger partial charge in [0, 0.05) is 0 Å². The van der Waals surface area contributed by atoms with Crippen LogP contribution in [0, 0.1) is 41.4 Å². The van der Waals surface area contributed by atoms with Crippen LogP contribution in [-0.4, -0.2) is 34.7 Å². The molecule has 1 aliphatic heterocycles. The molecule has 2 bridgehead atoms. The minimum atomic E-state index is -0.779. The Morgan fingerprint density at radius 1 is 1.23 bits per heavy atom. The van der Waals surface area contributed by atoms with Gasteiger partial charge in [0.1, 0.15) is 5.60 Å². The summed E-state index contributed by atoms with van der Waals surface area (Å²) in [7, 11) is 0. The Balaban J connectivity index is 1.71. The molecule has 6 heteroatoms. The molecule has 1 saturated heterocycles. The summed E-state index contributed by atoms with van der Waals surface area (Å²) in [6.45, 7) is 9.29. The van der Waals surface area contributed by atoms with Crippen molar-refractivity contribution in [3.05, 3.63) is 0 Å². The summed E-state index contributed by atoms with van der Waals surface area (Å²) in [5.41, 5.74) is -0.577. The van der Waals surface area contributed by atoms with E-state index in [9.17, 15) is 19.5 Å². The van der Waals surface area contributed by atoms with Crippen molar-refractivity contribution < 1.29 is 29.0 Å². The van der Waals surface area contributed by atoms with Gasteiger partial charge in [-0.15, -0.1) is 0 Å². The summed E-state index contributed by atoms with van der Waals surface area (Å²) in [5, 5.41) is 10.7. The van der Waals surface area contributed by atoms with E-state index in [1.165, 1.54) is 0 Å². The highest BCUT2D eigenvalue weighted by Gasteiger charge is 2.59. The minimum Gasteiger partial charge on any atom is -0.460 e. The van der Waals surface area contributed by atoms with Crippen LogP contribution in [0.2, 0.25) is 0 Å². The van der Waals surface area contributed by atoms with E-state index < -0.39 is 41.4 Å². The summed E-state index contributed by atoms with van der Waals surface area (Å²) in [4.78, 5) is 36.1. The zero-order valence-electron chi connectivity index (χ0n) is 16.2. The average Bonchev–Trinajstić information content (AvgIpc) is 3.11. The summed E-state index contributed by atoms with van der Waals surface area (Å²) in [6.07, 6.45) is 0.983. The number of esters is 3. The van der Waals surface area contributed by atoms with Crippen LogP contribution in [0.25, 0.3) is 0 Å². The molecular weight excluding hydrogens is 336 g/mol. The van der Waals surface area contributed by atoms with Crippen LogP contribution in [0.4, 0.5) is 0 Å². The predicted octanol–water partition coefficient (Wildman–Crippen LogP) is 2.32. The lowest BCUT2D eigenvalue weighted by molar-refractivity contribution is -0.159. The van der Waals surface area contributed by atoms with Gasteiger partial charge >= 0.3 is 17.9 Å². The van der Waals surface area contributed by atoms with E-state index in [0.717, 1.165) is 12.8 Å². The van der Waals surface area contributed by atoms with Crippen LogP contribution in [0.15, 0.2) is 0 Å². The van der Waals surface area contributed by atoms with Gasteiger partial charge in [0.2, 0.25) is 0 Å². The Kier molecular flexibility index (Phi) is 4.93. The van der Waals surface area contributed by atoms with Gasteiger partial charge in [-0.25, -0.2) is 0 Å². The zero-order chi connectivity index (χ0) is 19.4. The van der Waals surface area contributed by atoms with Gasteiger partial charge in [-0.05, 0) is 63.2 Å². The maximum absolute atomic E-state index is 12.2. The number of ether oxygens (including phenoxy) is 2. The normalized spacial score (nSPS) is 40.6. The molecule has 8 atom stereocenters. The van der Waals surface area contributed by atoms with E-state index in [1.54, 1.807) is 27.7 Å². The first-order valence-corrected chi connectivity index (χ1v) is 9.65. The molecule has 0 aromatic carbocycles. The summed E-state index contributed by atoms with van der Waals surface area (Å²) < 4.78 is 10.2. The molecule has 0 aromatic heterocycles. The molecule has 2 saturated carbocycles. The maximum atomic E-state index is 12.2. The largest absolute Gasteiger partial charge is 0.460 e. The van der Waals surface area contributed by atoms with Gasteiger partial charge in [0.05, 0.1) is 24.4 Å². The number of cyclic esters (lactones) is 2. The standard InChI is InChI=1S/C20H30O6/c1-9-11-6-12(14(21)8-15(22)26-20(3,4)5)13(7-11)16(9)17-10(2)18(23)25-19(17)24/h9-14,16-17,21H,6-8H2,1-5H3. The van der Waals surface area contributed by atoms with Crippen LogP contribution < -0.4 is 0 Å². The second-order valence-corrected chi connectivity index (χ2v) is 9.41. The lowest BCUT2D eigenvalue weighted by atomic mass is 9.65. The third-order valence-electron chi connectivity index (χ3n) is 6.63. The number of hydrogen-bond donors (Lipinski definition) is 1. The quantitative estimate of drug-likeness (QED) is 0.607. The molecular formula is C20H30O6. The van der Waals surface area contributed by atoms with Gasteiger partial charge in [-0.2, -0.15) is 0 Å². The molecule has 1 N–H and O–H groups in total. The summed E-state index contributed by atoms with van der Waals surface area (Å²) in [5.74, 6) is -1.27. The van der Waals surface area contributed by atoms with Crippen LogP contribution >= 0.6 is 0 Å². The fourth-order valence-corrected chi connectivity index (χ4v) is 5.56. The first-order chi connectivity index (χ1) is 12.0. The number of rotatable bonds is 4. The van der Waals surface area contributed by atoms with Crippen LogP contribution in [0.5, 0.6) is 0 Å². The number of aliphatic hydroxyl groups is 1. The lowest BCUT2D eigenvalue weighted by Crippen LogP contribution is -2.41. The Bertz CT molecular complexity index is 606. The van der Waals surface area contributed by atoms with Crippen molar-refractivity contribution in [1.82, 2.24) is 0 Å². The molecule has 6 nitrogen and oxygen atoms in total. The molecule has 0 aromatic rings. The van der Waals surface area contributed by atoms with E-state index in [2.05, 4.69) is 6.92 Å². The van der Waals surface area contributed by atoms with Crippen LogP contribution in [0.3, 0.4) is 0 Å². The van der Waals surface area contributed by atoms with Crippen molar-refractivity contribution in [2.24, 2.45) is 41.4 Å². The van der Waals surface area contributed by atoms with Crippen molar-refractivity contribution in [2.45, 2.75) is 65.6 Å². The fourth-order valence-electron chi connectivity index (χ4n) is 5.56. The number of carbonyl (C=O) groups is 3. The molecule has 1 heterocycles. The highest BCUT2D eigenvalue weighted by molar-refractivity contribution is 5.96. The molecule has 146 valence electrons. The molecule has 0 spiro atoms. The van der Waals surface area contributed by atoms with E-state index in [0.29, 0.717) is 11.8 Å². The van der Waals surface area contributed by atoms with Gasteiger partial charge in [-0.1, -0.05) is 13.8 Å². The molecule has 3 aliphatic rings. The Hall–Kier alpha value is -1.43. The Morgan fingerprint density at radius 3 is 2.38 bits per heavy atom. The lowest BCUT2D eigenvalue weighted by Gasteiger charge is -2.39. The SMILES string of the molecule is CC1C(=O)OC(=O)C1C1C(C)C2CC(C(O)CC(=O)OC(C)(C)C)C1C2. The number of carbonyl (C=O) groups excluding carboxylic acids is 3. The van der Waals surface area contributed by atoms with Gasteiger partial charge in [0.25, 0.3) is 0 Å². The molecule has 2 aliphatic carbocycles. The molecule has 3 fully saturated rings. The van der Waals surface area contributed by atoms with Crippen LogP contribution in [-0.2, 0) is 23.9 Å². The molecule has 0 amide bonds. The van der Waals surface area contributed by atoms with Crippen molar-refractivity contribution in [3.63, 3.8) is 0 Å². The summed E-state index contributed by atoms with van der Waals surface area (Å²) >= 11 is 0. The van der Waals surface area contributed by atoms with Crippen LogP contribution in [0.1, 0.15) is 53.9 Å². The zero-order valence-corrected chi connectivity index (χ0v) is 16.2.